The molecule has 94 valence electrons. The summed E-state index contributed by atoms with van der Waals surface area (Å²) in [5.74, 6) is 0.322. The summed E-state index contributed by atoms with van der Waals surface area (Å²) in [5, 5.41) is 11.9. The topological polar surface area (TPSA) is 32.3 Å². The monoisotopic (exact) mass is 241 g/mol. The van der Waals surface area contributed by atoms with Crippen molar-refractivity contribution >= 4 is 0 Å². The van der Waals surface area contributed by atoms with Crippen molar-refractivity contribution in [1.82, 2.24) is 5.32 Å². The number of nitrogens with one attached hydrogen (secondary N) is 1. The maximum absolute atomic E-state index is 8.63. The van der Waals surface area contributed by atoms with Gasteiger partial charge in [0.15, 0.2) is 0 Å². The number of hydrogen-bond donors (Lipinski definition) is 2. The van der Waals surface area contributed by atoms with E-state index in [0.717, 1.165) is 13.1 Å². The van der Waals surface area contributed by atoms with Gasteiger partial charge in [0.1, 0.15) is 5.75 Å². The zero-order chi connectivity index (χ0) is 13.1. The van der Waals surface area contributed by atoms with Crippen molar-refractivity contribution in [3.8, 4) is 5.75 Å². The van der Waals surface area contributed by atoms with Gasteiger partial charge in [0.25, 0.3) is 0 Å². The lowest BCUT2D eigenvalue weighted by Gasteiger charge is -1.99. The van der Waals surface area contributed by atoms with Crippen molar-refractivity contribution in [2.24, 2.45) is 0 Å². The molecule has 0 aliphatic heterocycles. The van der Waals surface area contributed by atoms with Crippen molar-refractivity contribution in [3.05, 3.63) is 78.9 Å². The van der Waals surface area contributed by atoms with Crippen LogP contribution in [0.1, 0.15) is 5.56 Å². The minimum atomic E-state index is 0.322. The molecule has 2 N–H and O–H groups in total. The second-order valence-electron chi connectivity index (χ2n) is 3.74. The standard InChI is InChI=1S/C10H13N.C6H6O/c1-2-8-11-9-10-6-4-3-5-7-10;7-6-4-2-1-3-5-6/h2-7,11H,1,8-9H2;1-5,7H. The number of rotatable bonds is 4. The number of para-hydroxylation sites is 1. The molecule has 0 aliphatic carbocycles. The predicted octanol–water partition coefficient (Wildman–Crippen LogP) is 3.35. The van der Waals surface area contributed by atoms with E-state index < -0.39 is 0 Å². The molecule has 0 saturated heterocycles. The molecule has 0 radical (unpaired) electrons. The molecule has 0 heterocycles. The van der Waals surface area contributed by atoms with E-state index in [0.29, 0.717) is 5.75 Å². The van der Waals surface area contributed by atoms with Gasteiger partial charge in [-0.2, -0.15) is 0 Å². The summed E-state index contributed by atoms with van der Waals surface area (Å²) in [5.41, 5.74) is 1.31. The van der Waals surface area contributed by atoms with E-state index in [-0.39, 0.29) is 0 Å². The number of phenolic OH excluding ortho intramolecular Hbond substituents is 1. The van der Waals surface area contributed by atoms with Gasteiger partial charge in [-0.15, -0.1) is 6.58 Å². The minimum Gasteiger partial charge on any atom is -0.508 e. The average Bonchev–Trinajstić information content (AvgIpc) is 2.42. The normalized spacial score (nSPS) is 9.11. The average molecular weight is 241 g/mol. The number of hydrogen-bond acceptors (Lipinski definition) is 2. The van der Waals surface area contributed by atoms with Crippen LogP contribution in [0.4, 0.5) is 0 Å². The van der Waals surface area contributed by atoms with Gasteiger partial charge in [-0.1, -0.05) is 54.6 Å². The Labute approximate surface area is 109 Å². The lowest BCUT2D eigenvalue weighted by molar-refractivity contribution is 0.475. The fourth-order valence-electron chi connectivity index (χ4n) is 1.34. The van der Waals surface area contributed by atoms with Gasteiger partial charge in [0, 0.05) is 13.1 Å². The second-order valence-corrected chi connectivity index (χ2v) is 3.74. The Morgan fingerprint density at radius 1 is 0.944 bits per heavy atom. The summed E-state index contributed by atoms with van der Waals surface area (Å²) in [6, 6.07) is 19.0. The Morgan fingerprint density at radius 3 is 1.94 bits per heavy atom. The first-order valence-electron chi connectivity index (χ1n) is 5.92. The summed E-state index contributed by atoms with van der Waals surface area (Å²) in [4.78, 5) is 0. The van der Waals surface area contributed by atoms with Gasteiger partial charge in [-0.05, 0) is 17.7 Å². The number of benzene rings is 2. The van der Waals surface area contributed by atoms with Crippen LogP contribution in [-0.4, -0.2) is 11.7 Å². The third-order valence-corrected chi connectivity index (χ3v) is 2.22. The van der Waals surface area contributed by atoms with Crippen LogP contribution >= 0.6 is 0 Å². The molecule has 2 aromatic carbocycles. The Morgan fingerprint density at radius 2 is 1.50 bits per heavy atom. The van der Waals surface area contributed by atoms with E-state index >= 15 is 0 Å². The third kappa shape index (κ3) is 6.51. The van der Waals surface area contributed by atoms with Crippen LogP contribution in [0.2, 0.25) is 0 Å². The van der Waals surface area contributed by atoms with Crippen molar-refractivity contribution in [2.75, 3.05) is 6.54 Å². The smallest absolute Gasteiger partial charge is 0.115 e. The molecule has 0 aliphatic rings. The molecule has 18 heavy (non-hydrogen) atoms. The number of aromatic hydroxyl groups is 1. The lowest BCUT2D eigenvalue weighted by atomic mass is 10.2. The van der Waals surface area contributed by atoms with Crippen LogP contribution in [0.3, 0.4) is 0 Å². The van der Waals surface area contributed by atoms with Crippen molar-refractivity contribution in [2.45, 2.75) is 6.54 Å². The first-order valence-corrected chi connectivity index (χ1v) is 5.92. The molecule has 2 nitrogen and oxygen atoms in total. The summed E-state index contributed by atoms with van der Waals surface area (Å²) in [7, 11) is 0. The maximum Gasteiger partial charge on any atom is 0.115 e. The van der Waals surface area contributed by atoms with Gasteiger partial charge in [-0.3, -0.25) is 0 Å². The first kappa shape index (κ1) is 14.0. The molecular formula is C16H19NO. The predicted molar refractivity (Wildman–Crippen MR) is 76.5 cm³/mol. The van der Waals surface area contributed by atoms with E-state index in [2.05, 4.69) is 24.0 Å². The maximum atomic E-state index is 8.63. The second kappa shape index (κ2) is 9.02. The molecule has 0 spiro atoms. The van der Waals surface area contributed by atoms with E-state index in [1.807, 2.05) is 30.3 Å². The summed E-state index contributed by atoms with van der Waals surface area (Å²) < 4.78 is 0. The highest BCUT2D eigenvalue weighted by Gasteiger charge is 1.86. The fourth-order valence-corrected chi connectivity index (χ4v) is 1.34. The van der Waals surface area contributed by atoms with Crippen molar-refractivity contribution in [3.63, 3.8) is 0 Å². The van der Waals surface area contributed by atoms with Gasteiger partial charge < -0.3 is 10.4 Å². The van der Waals surface area contributed by atoms with Crippen molar-refractivity contribution in [1.29, 1.82) is 0 Å². The minimum absolute atomic E-state index is 0.322. The molecular weight excluding hydrogens is 222 g/mol. The quantitative estimate of drug-likeness (QED) is 0.635. The molecule has 2 rings (SSSR count). The Kier molecular flexibility index (Phi) is 7.02. The Balaban J connectivity index is 0.000000199. The van der Waals surface area contributed by atoms with E-state index in [1.54, 1.807) is 24.3 Å². The van der Waals surface area contributed by atoms with Crippen molar-refractivity contribution < 1.29 is 5.11 Å². The van der Waals surface area contributed by atoms with Crippen LogP contribution in [0.5, 0.6) is 5.75 Å². The van der Waals surface area contributed by atoms with Crippen LogP contribution in [-0.2, 0) is 6.54 Å². The van der Waals surface area contributed by atoms with Gasteiger partial charge in [-0.25, -0.2) is 0 Å². The molecule has 2 aromatic rings. The largest absolute Gasteiger partial charge is 0.508 e. The summed E-state index contributed by atoms with van der Waals surface area (Å²) in [6.45, 7) is 5.42. The zero-order valence-corrected chi connectivity index (χ0v) is 10.4. The fraction of sp³-hybridized carbons (Fsp3) is 0.125. The van der Waals surface area contributed by atoms with E-state index in [4.69, 9.17) is 5.11 Å². The van der Waals surface area contributed by atoms with Gasteiger partial charge >= 0.3 is 0 Å². The molecule has 0 atom stereocenters. The SMILES string of the molecule is C=CCNCc1ccccc1.Oc1ccccc1. The zero-order valence-electron chi connectivity index (χ0n) is 10.4. The molecule has 0 saturated carbocycles. The highest BCUT2D eigenvalue weighted by atomic mass is 16.3. The van der Waals surface area contributed by atoms with Crippen LogP contribution in [0.15, 0.2) is 73.3 Å². The highest BCUT2D eigenvalue weighted by molar-refractivity contribution is 5.18. The molecule has 0 fully saturated rings. The summed E-state index contributed by atoms with van der Waals surface area (Å²) >= 11 is 0. The molecule has 0 unspecified atom stereocenters. The highest BCUT2D eigenvalue weighted by Crippen LogP contribution is 2.02. The summed E-state index contributed by atoms with van der Waals surface area (Å²) in [6.07, 6.45) is 1.86. The number of phenols is 1. The van der Waals surface area contributed by atoms with E-state index in [1.165, 1.54) is 5.56 Å². The first-order chi connectivity index (χ1) is 8.83. The molecule has 2 heteroatoms. The van der Waals surface area contributed by atoms with E-state index in [9.17, 15) is 0 Å². The molecule has 0 amide bonds. The Hall–Kier alpha value is -2.06. The molecule has 0 bridgehead atoms. The van der Waals surface area contributed by atoms with Crippen LogP contribution in [0, 0.1) is 0 Å². The van der Waals surface area contributed by atoms with Crippen LogP contribution in [0.25, 0.3) is 0 Å². The van der Waals surface area contributed by atoms with Crippen LogP contribution < -0.4 is 5.32 Å². The van der Waals surface area contributed by atoms with Gasteiger partial charge in [0.05, 0.1) is 0 Å². The Bertz CT molecular complexity index is 425. The molecule has 0 aromatic heterocycles. The van der Waals surface area contributed by atoms with Gasteiger partial charge in [0.2, 0.25) is 0 Å². The lowest BCUT2D eigenvalue weighted by Crippen LogP contribution is -2.12. The third-order valence-electron chi connectivity index (χ3n) is 2.22.